The topological polar surface area (TPSA) is 23.6 Å². The van der Waals surface area contributed by atoms with Crippen molar-refractivity contribution < 1.29 is 4.21 Å². The molecule has 19 heavy (non-hydrogen) atoms. The molecule has 2 rings (SSSR count). The lowest BCUT2D eigenvalue weighted by atomic mass is 9.85. The molecule has 1 saturated carbocycles. The third-order valence-electron chi connectivity index (χ3n) is 3.87. The smallest absolute Gasteiger partial charge is 0.127 e. The second-order valence-corrected chi connectivity index (χ2v) is 7.39. The van der Waals surface area contributed by atoms with Gasteiger partial charge in [0.2, 0.25) is 0 Å². The normalized spacial score (nSPS) is 17.3. The summed E-state index contributed by atoms with van der Waals surface area (Å²) in [4.78, 5) is 3.21. The van der Waals surface area contributed by atoms with Gasteiger partial charge in [0.25, 0.3) is 0 Å². The number of nitrogens with zero attached hydrogens (tertiary/aromatic N) is 2. The average molecular weight is 280 g/mol. The standard InChI is InChI=1S/C15H24N2OS/c1-12-10-14(19(18)16(2)3)8-9-15(12)17(4)11-13-6-5-7-13/h8-10,13H,5-7,11H2,1-4H3. The summed E-state index contributed by atoms with van der Waals surface area (Å²) in [6.45, 7) is 3.24. The Bertz CT molecular complexity index is 469. The maximum Gasteiger partial charge on any atom is 0.127 e. The molecule has 1 aromatic carbocycles. The maximum atomic E-state index is 12.0. The Labute approximate surface area is 119 Å². The van der Waals surface area contributed by atoms with E-state index in [1.165, 1.54) is 30.5 Å². The van der Waals surface area contributed by atoms with Crippen LogP contribution in [0.25, 0.3) is 0 Å². The van der Waals surface area contributed by atoms with E-state index in [0.717, 1.165) is 17.4 Å². The summed E-state index contributed by atoms with van der Waals surface area (Å²) in [5.41, 5.74) is 2.46. The van der Waals surface area contributed by atoms with Crippen molar-refractivity contribution in [2.24, 2.45) is 5.92 Å². The molecule has 1 aliphatic rings. The molecule has 4 heteroatoms. The third kappa shape index (κ3) is 3.37. The van der Waals surface area contributed by atoms with Gasteiger partial charge in [-0.25, -0.2) is 8.51 Å². The van der Waals surface area contributed by atoms with E-state index in [4.69, 9.17) is 0 Å². The molecule has 0 N–H and O–H groups in total. The monoisotopic (exact) mass is 280 g/mol. The number of hydrogen-bond acceptors (Lipinski definition) is 2. The van der Waals surface area contributed by atoms with Gasteiger partial charge in [0, 0.05) is 19.3 Å². The van der Waals surface area contributed by atoms with E-state index < -0.39 is 11.0 Å². The van der Waals surface area contributed by atoms with Crippen LogP contribution in [0.4, 0.5) is 5.69 Å². The fraction of sp³-hybridized carbons (Fsp3) is 0.600. The Hall–Kier alpha value is -0.870. The third-order valence-corrected chi connectivity index (χ3v) is 5.19. The minimum absolute atomic E-state index is 0.861. The van der Waals surface area contributed by atoms with Crippen LogP contribution in [-0.4, -0.2) is 36.2 Å². The Morgan fingerprint density at radius 2 is 1.95 bits per heavy atom. The predicted octanol–water partition coefficient (Wildman–Crippen LogP) is 2.82. The predicted molar refractivity (Wildman–Crippen MR) is 81.9 cm³/mol. The summed E-state index contributed by atoms with van der Waals surface area (Å²) in [6, 6.07) is 6.13. The molecule has 0 spiro atoms. The molecule has 0 aromatic heterocycles. The van der Waals surface area contributed by atoms with E-state index in [2.05, 4.69) is 24.9 Å². The largest absolute Gasteiger partial charge is 0.374 e. The average Bonchev–Trinajstić information content (AvgIpc) is 2.32. The van der Waals surface area contributed by atoms with Gasteiger partial charge in [-0.2, -0.15) is 0 Å². The van der Waals surface area contributed by atoms with E-state index in [1.807, 2.05) is 26.2 Å². The molecular formula is C15H24N2OS. The van der Waals surface area contributed by atoms with Gasteiger partial charge in [-0.1, -0.05) is 6.42 Å². The van der Waals surface area contributed by atoms with Gasteiger partial charge in [0.1, 0.15) is 11.0 Å². The van der Waals surface area contributed by atoms with E-state index in [-0.39, 0.29) is 0 Å². The van der Waals surface area contributed by atoms with Crippen molar-refractivity contribution in [3.63, 3.8) is 0 Å². The van der Waals surface area contributed by atoms with Crippen molar-refractivity contribution in [1.29, 1.82) is 0 Å². The molecule has 1 unspecified atom stereocenters. The first-order valence-corrected chi connectivity index (χ1v) is 8.00. The minimum Gasteiger partial charge on any atom is -0.374 e. The fourth-order valence-electron chi connectivity index (χ4n) is 2.54. The van der Waals surface area contributed by atoms with Crippen molar-refractivity contribution >= 4 is 16.7 Å². The quantitative estimate of drug-likeness (QED) is 0.828. The van der Waals surface area contributed by atoms with Gasteiger partial charge in [0.05, 0.1) is 4.90 Å². The molecule has 1 fully saturated rings. The lowest BCUT2D eigenvalue weighted by molar-refractivity contribution is 0.321. The van der Waals surface area contributed by atoms with Crippen LogP contribution >= 0.6 is 0 Å². The summed E-state index contributed by atoms with van der Waals surface area (Å²) < 4.78 is 13.8. The molecule has 1 aromatic rings. The van der Waals surface area contributed by atoms with Crippen molar-refractivity contribution in [2.45, 2.75) is 31.1 Å². The number of hydrogen-bond donors (Lipinski definition) is 0. The van der Waals surface area contributed by atoms with Crippen LogP contribution in [0.1, 0.15) is 24.8 Å². The molecular weight excluding hydrogens is 256 g/mol. The fourth-order valence-corrected chi connectivity index (χ4v) is 3.42. The van der Waals surface area contributed by atoms with Crippen molar-refractivity contribution in [2.75, 3.05) is 32.6 Å². The van der Waals surface area contributed by atoms with Gasteiger partial charge < -0.3 is 4.90 Å². The van der Waals surface area contributed by atoms with Gasteiger partial charge >= 0.3 is 0 Å². The Morgan fingerprint density at radius 1 is 1.26 bits per heavy atom. The highest BCUT2D eigenvalue weighted by Gasteiger charge is 2.20. The van der Waals surface area contributed by atoms with Gasteiger partial charge in [-0.3, -0.25) is 0 Å². The second-order valence-electron chi connectivity index (χ2n) is 5.69. The van der Waals surface area contributed by atoms with Crippen LogP contribution in [0.3, 0.4) is 0 Å². The molecule has 1 atom stereocenters. The van der Waals surface area contributed by atoms with E-state index in [0.29, 0.717) is 0 Å². The van der Waals surface area contributed by atoms with Crippen LogP contribution in [-0.2, 0) is 11.0 Å². The van der Waals surface area contributed by atoms with Crippen LogP contribution in [0, 0.1) is 12.8 Å². The summed E-state index contributed by atoms with van der Waals surface area (Å²) in [6.07, 6.45) is 4.12. The van der Waals surface area contributed by atoms with Gasteiger partial charge in [0.15, 0.2) is 0 Å². The molecule has 0 aliphatic heterocycles. The second kappa shape index (κ2) is 6.06. The number of anilines is 1. The first kappa shape index (κ1) is 14.5. The summed E-state index contributed by atoms with van der Waals surface area (Å²) in [5.74, 6) is 0.861. The summed E-state index contributed by atoms with van der Waals surface area (Å²) in [7, 11) is 4.77. The molecule has 1 aliphatic carbocycles. The first-order valence-electron chi connectivity index (χ1n) is 6.90. The van der Waals surface area contributed by atoms with Crippen molar-refractivity contribution in [3.05, 3.63) is 23.8 Å². The molecule has 0 saturated heterocycles. The number of aryl methyl sites for hydroxylation is 1. The molecule has 106 valence electrons. The molecule has 0 bridgehead atoms. The summed E-state index contributed by atoms with van der Waals surface area (Å²) >= 11 is 0. The molecule has 0 radical (unpaired) electrons. The molecule has 0 heterocycles. The lowest BCUT2D eigenvalue weighted by Gasteiger charge is -2.32. The van der Waals surface area contributed by atoms with E-state index in [1.54, 1.807) is 4.31 Å². The highest BCUT2D eigenvalue weighted by molar-refractivity contribution is 7.82. The van der Waals surface area contributed by atoms with Crippen LogP contribution in [0.15, 0.2) is 23.1 Å². The zero-order chi connectivity index (χ0) is 14.0. The van der Waals surface area contributed by atoms with Crippen molar-refractivity contribution in [3.8, 4) is 0 Å². The zero-order valence-corrected chi connectivity index (χ0v) is 13.2. The maximum absolute atomic E-state index is 12.0. The van der Waals surface area contributed by atoms with Crippen LogP contribution in [0.5, 0.6) is 0 Å². The highest BCUT2D eigenvalue weighted by Crippen LogP contribution is 2.30. The molecule has 3 nitrogen and oxygen atoms in total. The van der Waals surface area contributed by atoms with Crippen LogP contribution < -0.4 is 4.90 Å². The first-order chi connectivity index (χ1) is 8.99. The van der Waals surface area contributed by atoms with Crippen molar-refractivity contribution in [1.82, 2.24) is 4.31 Å². The Balaban J connectivity index is 2.11. The Morgan fingerprint density at radius 3 is 2.42 bits per heavy atom. The SMILES string of the molecule is Cc1cc(S(=O)N(C)C)ccc1N(C)CC1CCC1. The van der Waals surface area contributed by atoms with Crippen LogP contribution in [0.2, 0.25) is 0 Å². The van der Waals surface area contributed by atoms with Gasteiger partial charge in [-0.15, -0.1) is 0 Å². The number of benzene rings is 1. The number of rotatable bonds is 5. The lowest BCUT2D eigenvalue weighted by Crippen LogP contribution is -2.29. The van der Waals surface area contributed by atoms with E-state index >= 15 is 0 Å². The Kier molecular flexibility index (Phi) is 4.63. The molecule has 0 amide bonds. The summed E-state index contributed by atoms with van der Waals surface area (Å²) in [5, 5.41) is 0. The van der Waals surface area contributed by atoms with E-state index in [9.17, 15) is 4.21 Å². The zero-order valence-electron chi connectivity index (χ0n) is 12.3. The van der Waals surface area contributed by atoms with Gasteiger partial charge in [-0.05, 0) is 63.5 Å². The highest BCUT2D eigenvalue weighted by atomic mass is 32.2. The minimum atomic E-state index is -1.05.